The Morgan fingerprint density at radius 1 is 1.31 bits per heavy atom. The number of aromatic nitrogens is 1. The number of aliphatic hydroxyl groups excluding tert-OH is 1. The van der Waals surface area contributed by atoms with E-state index in [1.807, 2.05) is 30.3 Å². The highest BCUT2D eigenvalue weighted by molar-refractivity contribution is 5.82. The van der Waals surface area contributed by atoms with Crippen LogP contribution in [0, 0.1) is 0 Å². The van der Waals surface area contributed by atoms with Crippen molar-refractivity contribution in [3.63, 3.8) is 0 Å². The first-order valence-electron chi connectivity index (χ1n) is 5.33. The first-order chi connectivity index (χ1) is 7.83. The predicted octanol–water partition coefficient (Wildman–Crippen LogP) is 2.30. The molecule has 0 fully saturated rings. The van der Waals surface area contributed by atoms with Crippen molar-refractivity contribution in [2.75, 3.05) is 13.7 Å². The molecule has 1 aromatic carbocycles. The van der Waals surface area contributed by atoms with E-state index in [0.29, 0.717) is 13.0 Å². The lowest BCUT2D eigenvalue weighted by molar-refractivity contribution is 0.111. The molecule has 1 unspecified atom stereocenters. The summed E-state index contributed by atoms with van der Waals surface area (Å²) >= 11 is 0. The molecule has 0 radical (unpaired) electrons. The molecule has 0 aliphatic heterocycles. The number of ether oxygens (including phenoxy) is 1. The Morgan fingerprint density at radius 2 is 2.19 bits per heavy atom. The van der Waals surface area contributed by atoms with Gasteiger partial charge in [0.25, 0.3) is 0 Å². The Hall–Kier alpha value is -1.45. The Balaban J connectivity index is 2.36. The molecule has 84 valence electrons. The Morgan fingerprint density at radius 3 is 3.00 bits per heavy atom. The summed E-state index contributed by atoms with van der Waals surface area (Å²) in [6.07, 6.45) is 1.87. The fraction of sp³-hybridized carbons (Fsp3) is 0.308. The highest BCUT2D eigenvalue weighted by Crippen LogP contribution is 2.24. The van der Waals surface area contributed by atoms with Crippen LogP contribution in [-0.2, 0) is 4.74 Å². The maximum atomic E-state index is 10.0. The maximum Gasteiger partial charge on any atom is 0.0818 e. The Bertz CT molecular complexity index is 465. The molecule has 2 rings (SSSR count). The molecule has 0 saturated carbocycles. The first-order valence-corrected chi connectivity index (χ1v) is 5.33. The van der Waals surface area contributed by atoms with E-state index < -0.39 is 6.10 Å². The molecule has 2 aromatic rings. The molecule has 3 nitrogen and oxygen atoms in total. The summed E-state index contributed by atoms with van der Waals surface area (Å²) in [7, 11) is 1.64. The van der Waals surface area contributed by atoms with Gasteiger partial charge < -0.3 is 9.84 Å². The zero-order valence-electron chi connectivity index (χ0n) is 9.26. The van der Waals surface area contributed by atoms with E-state index in [-0.39, 0.29) is 0 Å². The van der Waals surface area contributed by atoms with Crippen molar-refractivity contribution in [2.24, 2.45) is 0 Å². The smallest absolute Gasteiger partial charge is 0.0818 e. The fourth-order valence-corrected chi connectivity index (χ4v) is 1.80. The van der Waals surface area contributed by atoms with Crippen LogP contribution in [0.3, 0.4) is 0 Å². The van der Waals surface area contributed by atoms with Crippen molar-refractivity contribution in [3.8, 4) is 0 Å². The molecule has 0 spiro atoms. The average molecular weight is 217 g/mol. The van der Waals surface area contributed by atoms with Gasteiger partial charge in [-0.1, -0.05) is 18.2 Å². The van der Waals surface area contributed by atoms with Crippen molar-refractivity contribution < 1.29 is 9.84 Å². The van der Waals surface area contributed by atoms with Gasteiger partial charge >= 0.3 is 0 Å². The number of hydrogen-bond acceptors (Lipinski definition) is 3. The molecule has 1 N–H and O–H groups in total. The SMILES string of the molecule is COCCC(O)c1cccc2ncccc12. The molecule has 0 aliphatic carbocycles. The Kier molecular flexibility index (Phi) is 3.49. The van der Waals surface area contributed by atoms with Gasteiger partial charge in [-0.15, -0.1) is 0 Å². The molecule has 1 heterocycles. The van der Waals surface area contributed by atoms with Gasteiger partial charge in [0, 0.05) is 31.7 Å². The molecular weight excluding hydrogens is 202 g/mol. The largest absolute Gasteiger partial charge is 0.388 e. The average Bonchev–Trinajstić information content (AvgIpc) is 2.35. The van der Waals surface area contributed by atoms with Crippen LogP contribution in [0.2, 0.25) is 0 Å². The summed E-state index contributed by atoms with van der Waals surface area (Å²) in [4.78, 5) is 4.26. The predicted molar refractivity (Wildman–Crippen MR) is 63.2 cm³/mol. The van der Waals surface area contributed by atoms with Crippen LogP contribution in [0.4, 0.5) is 0 Å². The minimum Gasteiger partial charge on any atom is -0.388 e. The number of hydrogen-bond donors (Lipinski definition) is 1. The van der Waals surface area contributed by atoms with E-state index in [1.54, 1.807) is 13.3 Å². The van der Waals surface area contributed by atoms with Crippen molar-refractivity contribution in [1.29, 1.82) is 0 Å². The number of fused-ring (bicyclic) bond motifs is 1. The molecule has 1 aromatic heterocycles. The van der Waals surface area contributed by atoms with Gasteiger partial charge in [-0.2, -0.15) is 0 Å². The van der Waals surface area contributed by atoms with Gasteiger partial charge in [-0.3, -0.25) is 4.98 Å². The molecule has 16 heavy (non-hydrogen) atoms. The summed E-state index contributed by atoms with van der Waals surface area (Å²) in [5.74, 6) is 0. The van der Waals surface area contributed by atoms with Gasteiger partial charge in [-0.05, 0) is 17.7 Å². The van der Waals surface area contributed by atoms with Crippen LogP contribution in [0.5, 0.6) is 0 Å². The lowest BCUT2D eigenvalue weighted by atomic mass is 10.0. The molecule has 3 heteroatoms. The van der Waals surface area contributed by atoms with E-state index >= 15 is 0 Å². The van der Waals surface area contributed by atoms with Crippen LogP contribution in [0.1, 0.15) is 18.1 Å². The minimum absolute atomic E-state index is 0.493. The molecule has 0 amide bonds. The number of pyridine rings is 1. The van der Waals surface area contributed by atoms with Crippen molar-refractivity contribution >= 4 is 10.9 Å². The number of methoxy groups -OCH3 is 1. The summed E-state index contributed by atoms with van der Waals surface area (Å²) in [6, 6.07) is 9.66. The van der Waals surface area contributed by atoms with Crippen LogP contribution in [0.25, 0.3) is 10.9 Å². The number of benzene rings is 1. The van der Waals surface area contributed by atoms with Crippen molar-refractivity contribution in [1.82, 2.24) is 4.98 Å². The van der Waals surface area contributed by atoms with E-state index in [0.717, 1.165) is 16.5 Å². The molecule has 0 bridgehead atoms. The van der Waals surface area contributed by atoms with E-state index in [4.69, 9.17) is 4.74 Å². The monoisotopic (exact) mass is 217 g/mol. The number of rotatable bonds is 4. The molecular formula is C13H15NO2. The van der Waals surface area contributed by atoms with Gasteiger partial charge in [0.15, 0.2) is 0 Å². The summed E-state index contributed by atoms with van der Waals surface area (Å²) in [6.45, 7) is 0.553. The third-order valence-corrected chi connectivity index (χ3v) is 2.63. The molecule has 1 atom stereocenters. The van der Waals surface area contributed by atoms with E-state index in [9.17, 15) is 5.11 Å². The lowest BCUT2D eigenvalue weighted by Crippen LogP contribution is -2.02. The van der Waals surface area contributed by atoms with Gasteiger partial charge in [0.1, 0.15) is 0 Å². The topological polar surface area (TPSA) is 42.4 Å². The second kappa shape index (κ2) is 5.05. The summed E-state index contributed by atoms with van der Waals surface area (Å²) in [5.41, 5.74) is 1.83. The normalized spacial score (nSPS) is 12.9. The van der Waals surface area contributed by atoms with Crippen LogP contribution in [-0.4, -0.2) is 23.8 Å². The lowest BCUT2D eigenvalue weighted by Gasteiger charge is -2.12. The van der Waals surface area contributed by atoms with Gasteiger partial charge in [0.2, 0.25) is 0 Å². The van der Waals surface area contributed by atoms with Crippen LogP contribution < -0.4 is 0 Å². The van der Waals surface area contributed by atoms with Crippen molar-refractivity contribution in [3.05, 3.63) is 42.1 Å². The maximum absolute atomic E-state index is 10.0. The quantitative estimate of drug-likeness (QED) is 0.854. The zero-order chi connectivity index (χ0) is 11.4. The highest BCUT2D eigenvalue weighted by Gasteiger charge is 2.10. The number of aliphatic hydroxyl groups is 1. The van der Waals surface area contributed by atoms with Gasteiger partial charge in [-0.25, -0.2) is 0 Å². The standard InChI is InChI=1S/C13H15NO2/c1-16-9-7-13(15)11-4-2-6-12-10(11)5-3-8-14-12/h2-6,8,13,15H,7,9H2,1H3. The second-order valence-electron chi connectivity index (χ2n) is 3.71. The van der Waals surface area contributed by atoms with Gasteiger partial charge in [0.05, 0.1) is 11.6 Å². The Labute approximate surface area is 94.7 Å². The van der Waals surface area contributed by atoms with Crippen LogP contribution in [0.15, 0.2) is 36.5 Å². The van der Waals surface area contributed by atoms with E-state index in [2.05, 4.69) is 4.98 Å². The number of nitrogens with zero attached hydrogens (tertiary/aromatic N) is 1. The molecule has 0 aliphatic rings. The fourth-order valence-electron chi connectivity index (χ4n) is 1.80. The zero-order valence-corrected chi connectivity index (χ0v) is 9.26. The second-order valence-corrected chi connectivity index (χ2v) is 3.71. The highest BCUT2D eigenvalue weighted by atomic mass is 16.5. The summed E-state index contributed by atoms with van der Waals surface area (Å²) < 4.78 is 4.97. The van der Waals surface area contributed by atoms with Crippen LogP contribution >= 0.6 is 0 Å². The van der Waals surface area contributed by atoms with Crippen molar-refractivity contribution in [2.45, 2.75) is 12.5 Å². The first kappa shape index (κ1) is 11.0. The molecule has 0 saturated heterocycles. The summed E-state index contributed by atoms with van der Waals surface area (Å²) in [5, 5.41) is 11.0. The minimum atomic E-state index is -0.493. The third-order valence-electron chi connectivity index (χ3n) is 2.63. The third kappa shape index (κ3) is 2.21. The van der Waals surface area contributed by atoms with E-state index in [1.165, 1.54) is 0 Å².